The third-order valence-electron chi connectivity index (χ3n) is 5.27. The molecule has 0 radical (unpaired) electrons. The summed E-state index contributed by atoms with van der Waals surface area (Å²) < 4.78 is 27.7. The van der Waals surface area contributed by atoms with Crippen LogP contribution in [0.5, 0.6) is 0 Å². The predicted molar refractivity (Wildman–Crippen MR) is 93.0 cm³/mol. The zero-order chi connectivity index (χ0) is 16.6. The lowest BCUT2D eigenvalue weighted by molar-refractivity contribution is 0.260. The van der Waals surface area contributed by atoms with E-state index in [4.69, 9.17) is 17.3 Å². The Hall–Kier alpha value is -0.620. The third kappa shape index (κ3) is 3.29. The molecular formula is C17H25ClN2O2S. The average molecular weight is 357 g/mol. The minimum absolute atomic E-state index is 0.121. The van der Waals surface area contributed by atoms with Gasteiger partial charge in [0.25, 0.3) is 0 Å². The number of nitrogens with zero attached hydrogens (tertiary/aromatic N) is 1. The minimum atomic E-state index is -3.55. The summed E-state index contributed by atoms with van der Waals surface area (Å²) in [6.45, 7) is 3.19. The Morgan fingerprint density at radius 3 is 2.78 bits per heavy atom. The fourth-order valence-corrected chi connectivity index (χ4v) is 6.06. The molecule has 0 amide bonds. The highest BCUT2D eigenvalue weighted by molar-refractivity contribution is 7.89. The van der Waals surface area contributed by atoms with Crippen LogP contribution in [-0.4, -0.2) is 31.9 Å². The van der Waals surface area contributed by atoms with E-state index < -0.39 is 10.0 Å². The maximum atomic E-state index is 13.1. The van der Waals surface area contributed by atoms with Gasteiger partial charge in [-0.2, -0.15) is 4.31 Å². The summed E-state index contributed by atoms with van der Waals surface area (Å²) in [5, 5.41) is 0.309. The Morgan fingerprint density at radius 1 is 1.30 bits per heavy atom. The van der Waals surface area contributed by atoms with Gasteiger partial charge in [0.2, 0.25) is 10.0 Å². The van der Waals surface area contributed by atoms with E-state index in [-0.39, 0.29) is 16.9 Å². The van der Waals surface area contributed by atoms with E-state index >= 15 is 0 Å². The normalized spacial score (nSPS) is 28.7. The van der Waals surface area contributed by atoms with Crippen LogP contribution >= 0.6 is 11.6 Å². The van der Waals surface area contributed by atoms with Crippen molar-refractivity contribution in [3.8, 4) is 0 Å². The summed E-state index contributed by atoms with van der Waals surface area (Å²) >= 11 is 6.21. The van der Waals surface area contributed by atoms with Crippen LogP contribution in [0.15, 0.2) is 23.1 Å². The number of fused-ring (bicyclic) bond motifs is 1. The number of aryl methyl sites for hydroxylation is 1. The Bertz CT molecular complexity index is 677. The van der Waals surface area contributed by atoms with Gasteiger partial charge in [0.15, 0.2) is 0 Å². The predicted octanol–water partition coefficient (Wildman–Crippen LogP) is 3.04. The monoisotopic (exact) mass is 356 g/mol. The molecule has 1 aliphatic carbocycles. The lowest BCUT2D eigenvalue weighted by Gasteiger charge is -2.29. The van der Waals surface area contributed by atoms with Crippen molar-refractivity contribution in [2.75, 3.05) is 13.1 Å². The number of sulfonamides is 1. The maximum Gasteiger partial charge on any atom is 0.244 e. The molecule has 3 rings (SSSR count). The fraction of sp³-hybridized carbons (Fsp3) is 0.647. The molecule has 3 atom stereocenters. The van der Waals surface area contributed by atoms with Crippen LogP contribution in [0.1, 0.15) is 38.2 Å². The second-order valence-corrected chi connectivity index (χ2v) is 9.17. The van der Waals surface area contributed by atoms with Crippen LogP contribution in [0.4, 0.5) is 0 Å². The van der Waals surface area contributed by atoms with E-state index in [1.54, 1.807) is 16.4 Å². The summed E-state index contributed by atoms with van der Waals surface area (Å²) in [5.74, 6) is 0.683. The van der Waals surface area contributed by atoms with Gasteiger partial charge >= 0.3 is 0 Å². The Balaban J connectivity index is 1.89. The van der Waals surface area contributed by atoms with Gasteiger partial charge in [-0.3, -0.25) is 0 Å². The number of nitrogens with two attached hydrogens (primary N) is 1. The zero-order valence-electron chi connectivity index (χ0n) is 13.5. The summed E-state index contributed by atoms with van der Waals surface area (Å²) in [7, 11) is -3.55. The lowest BCUT2D eigenvalue weighted by Crippen LogP contribution is -2.38. The Labute approximate surface area is 144 Å². The van der Waals surface area contributed by atoms with E-state index in [1.807, 2.05) is 6.07 Å². The smallest absolute Gasteiger partial charge is 0.244 e. The van der Waals surface area contributed by atoms with Crippen molar-refractivity contribution in [3.63, 3.8) is 0 Å². The SMILES string of the molecule is CCCc1ccc(Cl)c(S(=O)(=O)N2CC3CCCC(N)C3C2)c1. The molecule has 0 aromatic heterocycles. The van der Waals surface area contributed by atoms with Crippen molar-refractivity contribution in [2.24, 2.45) is 17.6 Å². The van der Waals surface area contributed by atoms with Crippen LogP contribution in [0.25, 0.3) is 0 Å². The van der Waals surface area contributed by atoms with E-state index in [2.05, 4.69) is 6.92 Å². The first-order chi connectivity index (χ1) is 10.9. The standard InChI is InChI=1S/C17H25ClN2O2S/c1-2-4-12-7-8-15(18)17(9-12)23(21,22)20-10-13-5-3-6-16(19)14(13)11-20/h7-9,13-14,16H,2-6,10-11,19H2,1H3. The highest BCUT2D eigenvalue weighted by atomic mass is 35.5. The summed E-state index contributed by atoms with van der Waals surface area (Å²) in [5.41, 5.74) is 7.23. The minimum Gasteiger partial charge on any atom is -0.327 e. The van der Waals surface area contributed by atoms with Gasteiger partial charge in [0.05, 0.1) is 5.02 Å². The van der Waals surface area contributed by atoms with Gasteiger partial charge < -0.3 is 5.73 Å². The molecule has 6 heteroatoms. The van der Waals surface area contributed by atoms with Crippen LogP contribution in [0.2, 0.25) is 5.02 Å². The highest BCUT2D eigenvalue weighted by Crippen LogP contribution is 2.38. The Kier molecular flexibility index (Phi) is 5.02. The number of hydrogen-bond acceptors (Lipinski definition) is 3. The number of benzene rings is 1. The molecule has 1 saturated heterocycles. The number of hydrogen-bond donors (Lipinski definition) is 1. The topological polar surface area (TPSA) is 63.4 Å². The highest BCUT2D eigenvalue weighted by Gasteiger charge is 2.43. The molecule has 1 aromatic rings. The van der Waals surface area contributed by atoms with Gasteiger partial charge in [-0.15, -0.1) is 0 Å². The first-order valence-electron chi connectivity index (χ1n) is 8.47. The molecule has 1 aromatic carbocycles. The van der Waals surface area contributed by atoms with E-state index in [0.29, 0.717) is 24.0 Å². The van der Waals surface area contributed by atoms with Crippen LogP contribution < -0.4 is 5.73 Å². The van der Waals surface area contributed by atoms with Crippen molar-refractivity contribution in [2.45, 2.75) is 50.0 Å². The maximum absolute atomic E-state index is 13.1. The second-order valence-electron chi connectivity index (χ2n) is 6.86. The van der Waals surface area contributed by atoms with Gasteiger partial charge in [0, 0.05) is 19.1 Å². The lowest BCUT2D eigenvalue weighted by atomic mass is 9.78. The van der Waals surface area contributed by atoms with Crippen molar-refractivity contribution in [1.82, 2.24) is 4.31 Å². The molecule has 2 aliphatic rings. The molecule has 3 unspecified atom stereocenters. The van der Waals surface area contributed by atoms with Crippen molar-refractivity contribution in [3.05, 3.63) is 28.8 Å². The van der Waals surface area contributed by atoms with Crippen LogP contribution in [0.3, 0.4) is 0 Å². The quantitative estimate of drug-likeness (QED) is 0.901. The Morgan fingerprint density at radius 2 is 2.09 bits per heavy atom. The van der Waals surface area contributed by atoms with Crippen LogP contribution in [-0.2, 0) is 16.4 Å². The molecule has 2 fully saturated rings. The summed E-state index contributed by atoms with van der Waals surface area (Å²) in [6, 6.07) is 5.47. The first kappa shape index (κ1) is 17.2. The van der Waals surface area contributed by atoms with Gasteiger partial charge in [-0.05, 0) is 48.8 Å². The van der Waals surface area contributed by atoms with Gasteiger partial charge in [-0.1, -0.05) is 37.4 Å². The third-order valence-corrected chi connectivity index (χ3v) is 7.59. The first-order valence-corrected chi connectivity index (χ1v) is 10.3. The van der Waals surface area contributed by atoms with Gasteiger partial charge in [0.1, 0.15) is 4.90 Å². The van der Waals surface area contributed by atoms with E-state index in [0.717, 1.165) is 37.7 Å². The average Bonchev–Trinajstić information content (AvgIpc) is 2.96. The molecule has 1 saturated carbocycles. The van der Waals surface area contributed by atoms with Gasteiger partial charge in [-0.25, -0.2) is 8.42 Å². The summed E-state index contributed by atoms with van der Waals surface area (Å²) in [6.07, 6.45) is 5.01. The molecule has 0 spiro atoms. The molecule has 0 bridgehead atoms. The molecular weight excluding hydrogens is 332 g/mol. The molecule has 23 heavy (non-hydrogen) atoms. The summed E-state index contributed by atoms with van der Waals surface area (Å²) in [4.78, 5) is 0.248. The number of rotatable bonds is 4. The number of halogens is 1. The van der Waals surface area contributed by atoms with Crippen molar-refractivity contribution in [1.29, 1.82) is 0 Å². The van der Waals surface area contributed by atoms with Crippen LogP contribution in [0, 0.1) is 11.8 Å². The molecule has 128 valence electrons. The fourth-order valence-electron chi connectivity index (χ4n) is 4.00. The van der Waals surface area contributed by atoms with E-state index in [9.17, 15) is 8.42 Å². The zero-order valence-corrected chi connectivity index (χ0v) is 15.1. The largest absolute Gasteiger partial charge is 0.327 e. The molecule has 2 N–H and O–H groups in total. The van der Waals surface area contributed by atoms with Crippen molar-refractivity contribution < 1.29 is 8.42 Å². The van der Waals surface area contributed by atoms with E-state index in [1.165, 1.54) is 0 Å². The van der Waals surface area contributed by atoms with Crippen molar-refractivity contribution >= 4 is 21.6 Å². The second kappa shape index (κ2) is 6.71. The molecule has 1 heterocycles. The molecule has 1 aliphatic heterocycles. The molecule has 4 nitrogen and oxygen atoms in total.